The van der Waals surface area contributed by atoms with Gasteiger partial charge in [0.15, 0.2) is 6.29 Å². The second kappa shape index (κ2) is 6.38. The zero-order valence-corrected chi connectivity index (χ0v) is 11.0. The van der Waals surface area contributed by atoms with E-state index in [4.69, 9.17) is 19.3 Å². The van der Waals surface area contributed by atoms with Crippen molar-refractivity contribution in [1.82, 2.24) is 0 Å². The molecule has 10 heteroatoms. The van der Waals surface area contributed by atoms with E-state index in [9.17, 15) is 30.6 Å². The van der Waals surface area contributed by atoms with E-state index in [1.54, 1.807) is 0 Å². The third kappa shape index (κ3) is 3.19. The average molecular weight is 312 g/mol. The molecule has 2 aliphatic rings. The van der Waals surface area contributed by atoms with Crippen LogP contribution >= 0.6 is 0 Å². The minimum atomic E-state index is -2.18. The van der Waals surface area contributed by atoms with Gasteiger partial charge in [-0.15, -0.1) is 0 Å². The summed E-state index contributed by atoms with van der Waals surface area (Å²) in [7, 11) is 0. The smallest absolute Gasteiger partial charge is 0.219 e. The van der Waals surface area contributed by atoms with Crippen LogP contribution in [-0.2, 0) is 14.2 Å². The van der Waals surface area contributed by atoms with Crippen molar-refractivity contribution in [1.29, 1.82) is 0 Å². The highest BCUT2D eigenvalue weighted by Crippen LogP contribution is 2.27. The largest absolute Gasteiger partial charge is 0.394 e. The molecule has 0 aliphatic carbocycles. The molecule has 21 heavy (non-hydrogen) atoms. The highest BCUT2D eigenvalue weighted by molar-refractivity contribution is 4.92. The monoisotopic (exact) mass is 312 g/mol. The van der Waals surface area contributed by atoms with Crippen LogP contribution in [0.4, 0.5) is 0 Å². The molecule has 124 valence electrons. The van der Waals surface area contributed by atoms with Crippen molar-refractivity contribution in [3.05, 3.63) is 0 Å². The van der Waals surface area contributed by atoms with Crippen LogP contribution in [0.1, 0.15) is 0 Å². The fourth-order valence-electron chi connectivity index (χ4n) is 2.24. The molecule has 0 saturated carbocycles. The summed E-state index contributed by atoms with van der Waals surface area (Å²) in [5.74, 6) is -2.18. The lowest BCUT2D eigenvalue weighted by atomic mass is 9.99. The molecule has 0 spiro atoms. The van der Waals surface area contributed by atoms with Gasteiger partial charge in [0, 0.05) is 0 Å². The molecule has 0 unspecified atom stereocenters. The molecule has 0 bridgehead atoms. The van der Waals surface area contributed by atoms with Crippen LogP contribution in [0.15, 0.2) is 0 Å². The zero-order valence-electron chi connectivity index (χ0n) is 11.0. The van der Waals surface area contributed by atoms with Crippen LogP contribution in [-0.4, -0.2) is 104 Å². The molecular weight excluding hydrogens is 292 g/mol. The molecule has 7 N–H and O–H groups in total. The van der Waals surface area contributed by atoms with Crippen LogP contribution < -0.4 is 0 Å². The molecule has 0 radical (unpaired) electrons. The highest BCUT2D eigenvalue weighted by atomic mass is 16.7. The van der Waals surface area contributed by atoms with E-state index in [0.717, 1.165) is 0 Å². The first-order valence-electron chi connectivity index (χ1n) is 6.44. The first-order chi connectivity index (χ1) is 9.80. The first kappa shape index (κ1) is 17.0. The van der Waals surface area contributed by atoms with Crippen molar-refractivity contribution in [2.45, 2.75) is 48.7 Å². The van der Waals surface area contributed by atoms with Crippen molar-refractivity contribution in [2.75, 3.05) is 19.8 Å². The van der Waals surface area contributed by atoms with Crippen molar-refractivity contribution >= 4 is 0 Å². The summed E-state index contributed by atoms with van der Waals surface area (Å²) in [4.78, 5) is 0. The Morgan fingerprint density at radius 2 is 1.71 bits per heavy atom. The third-order valence-electron chi connectivity index (χ3n) is 3.63. The number of ether oxygens (including phenoxy) is 3. The normalized spacial score (nSPS) is 51.3. The Hall–Kier alpha value is -0.400. The summed E-state index contributed by atoms with van der Waals surface area (Å²) in [5.41, 5.74) is 0. The van der Waals surface area contributed by atoms with Crippen LogP contribution in [0.5, 0.6) is 0 Å². The molecule has 2 aliphatic heterocycles. The number of hydrogen-bond acceptors (Lipinski definition) is 10. The van der Waals surface area contributed by atoms with Gasteiger partial charge in [-0.2, -0.15) is 0 Å². The van der Waals surface area contributed by atoms with E-state index >= 15 is 0 Å². The number of aliphatic hydroxyl groups is 7. The van der Waals surface area contributed by atoms with Gasteiger partial charge in [-0.3, -0.25) is 0 Å². The first-order valence-corrected chi connectivity index (χ1v) is 6.44. The molecule has 2 fully saturated rings. The molecule has 0 aromatic heterocycles. The Labute approximate surface area is 119 Å². The Kier molecular flexibility index (Phi) is 5.15. The second-order valence-corrected chi connectivity index (χ2v) is 5.18. The number of hydrogen-bond donors (Lipinski definition) is 7. The molecular formula is C11H20O10. The summed E-state index contributed by atoms with van der Waals surface area (Å²) in [6.07, 6.45) is -10.3. The van der Waals surface area contributed by atoms with Gasteiger partial charge in [0.25, 0.3) is 0 Å². The third-order valence-corrected chi connectivity index (χ3v) is 3.63. The van der Waals surface area contributed by atoms with Crippen molar-refractivity contribution in [2.24, 2.45) is 0 Å². The van der Waals surface area contributed by atoms with E-state index < -0.39 is 61.9 Å². The summed E-state index contributed by atoms with van der Waals surface area (Å²) in [6, 6.07) is 0. The van der Waals surface area contributed by atoms with Gasteiger partial charge in [-0.25, -0.2) is 0 Å². The van der Waals surface area contributed by atoms with E-state index in [2.05, 4.69) is 0 Å². The van der Waals surface area contributed by atoms with E-state index in [-0.39, 0.29) is 6.61 Å². The van der Waals surface area contributed by atoms with Crippen LogP contribution in [0.3, 0.4) is 0 Å². The maximum atomic E-state index is 9.93. The van der Waals surface area contributed by atoms with E-state index in [1.165, 1.54) is 0 Å². The molecule has 2 saturated heterocycles. The Morgan fingerprint density at radius 3 is 2.24 bits per heavy atom. The summed E-state index contributed by atoms with van der Waals surface area (Å²) in [5, 5.41) is 66.7. The van der Waals surface area contributed by atoms with E-state index in [0.29, 0.717) is 0 Å². The predicted molar refractivity (Wildman–Crippen MR) is 62.6 cm³/mol. The fourth-order valence-corrected chi connectivity index (χ4v) is 2.24. The maximum Gasteiger partial charge on any atom is 0.219 e. The van der Waals surface area contributed by atoms with Crippen molar-refractivity contribution in [3.8, 4) is 0 Å². The van der Waals surface area contributed by atoms with Gasteiger partial charge in [0.05, 0.1) is 13.2 Å². The minimum Gasteiger partial charge on any atom is -0.394 e. The molecule has 2 heterocycles. The summed E-state index contributed by atoms with van der Waals surface area (Å²) >= 11 is 0. The van der Waals surface area contributed by atoms with Crippen LogP contribution in [0.25, 0.3) is 0 Å². The molecule has 0 aromatic carbocycles. The van der Waals surface area contributed by atoms with Gasteiger partial charge in [-0.05, 0) is 0 Å². The summed E-state index contributed by atoms with van der Waals surface area (Å²) < 4.78 is 14.9. The van der Waals surface area contributed by atoms with Crippen molar-refractivity contribution in [3.63, 3.8) is 0 Å². The lowest BCUT2D eigenvalue weighted by Crippen LogP contribution is -2.60. The molecule has 8 atom stereocenters. The molecule has 2 rings (SSSR count). The summed E-state index contributed by atoms with van der Waals surface area (Å²) in [6.45, 7) is -1.57. The van der Waals surface area contributed by atoms with Crippen molar-refractivity contribution < 1.29 is 50.0 Å². The highest BCUT2D eigenvalue weighted by Gasteiger charge is 2.50. The predicted octanol–water partition coefficient (Wildman–Crippen LogP) is -4.76. The topological polar surface area (TPSA) is 169 Å². The Morgan fingerprint density at radius 1 is 1.05 bits per heavy atom. The quantitative estimate of drug-likeness (QED) is 0.267. The fraction of sp³-hybridized carbons (Fsp3) is 1.00. The molecule has 0 amide bonds. The van der Waals surface area contributed by atoms with E-state index in [1.807, 2.05) is 0 Å². The lowest BCUT2D eigenvalue weighted by Gasteiger charge is -2.40. The molecule has 0 aromatic rings. The van der Waals surface area contributed by atoms with Gasteiger partial charge in [-0.1, -0.05) is 0 Å². The van der Waals surface area contributed by atoms with Crippen LogP contribution in [0.2, 0.25) is 0 Å². The lowest BCUT2D eigenvalue weighted by molar-refractivity contribution is -0.329. The van der Waals surface area contributed by atoms with Gasteiger partial charge >= 0.3 is 0 Å². The average Bonchev–Trinajstić information content (AvgIpc) is 2.72. The minimum absolute atomic E-state index is 0.296. The van der Waals surface area contributed by atoms with Gasteiger partial charge in [0.1, 0.15) is 43.2 Å². The maximum absolute atomic E-state index is 9.93. The second-order valence-electron chi connectivity index (χ2n) is 5.18. The number of aliphatic hydroxyl groups excluding tert-OH is 6. The standard InChI is InChI=1S/C11H20O10/c12-1-5-6(14)7(15)8(16)10(21-5)19-3-11(18)9(17)4(13)2-20-11/h4-10,12-18H,1-3H2/t4-,5-,6-,7+,8-,9+,10+,11-/m1/s1. The number of rotatable bonds is 4. The Balaban J connectivity index is 1.96. The zero-order chi connectivity index (χ0) is 15.8. The van der Waals surface area contributed by atoms with Gasteiger partial charge in [0.2, 0.25) is 5.79 Å². The Bertz CT molecular complexity index is 352. The van der Waals surface area contributed by atoms with Crippen LogP contribution in [0, 0.1) is 0 Å². The SMILES string of the molecule is OC[C@H]1O[C@H](OC[C@@]2(O)OC[C@@H](O)[C@@H]2O)[C@H](O)[C@@H](O)[C@@H]1O. The molecule has 10 nitrogen and oxygen atoms in total. The van der Waals surface area contributed by atoms with Gasteiger partial charge < -0.3 is 50.0 Å².